The molecule has 0 radical (unpaired) electrons. The van der Waals surface area contributed by atoms with Gasteiger partial charge in [-0.25, -0.2) is 9.97 Å². The standard InChI is InChI=1S/C16H17N5/c1-10-8-19-14(9-18-10)16-20-13-6-11(7-17)2-5-15(13)21(16)12-3-4-12/h2,5-6,8-9,12H,3-4,7,17H2,1H3. The minimum atomic E-state index is 0.534. The van der Waals surface area contributed by atoms with E-state index in [2.05, 4.69) is 32.7 Å². The Labute approximate surface area is 122 Å². The zero-order valence-electron chi connectivity index (χ0n) is 12.0. The van der Waals surface area contributed by atoms with E-state index in [1.54, 1.807) is 12.4 Å². The Morgan fingerprint density at radius 1 is 1.24 bits per heavy atom. The van der Waals surface area contributed by atoms with E-state index in [1.807, 2.05) is 6.92 Å². The van der Waals surface area contributed by atoms with Gasteiger partial charge in [0, 0.05) is 18.8 Å². The normalized spacial score (nSPS) is 14.8. The Morgan fingerprint density at radius 2 is 2.10 bits per heavy atom. The molecular formula is C16H17N5. The number of rotatable bonds is 3. The smallest absolute Gasteiger partial charge is 0.161 e. The lowest BCUT2D eigenvalue weighted by atomic mass is 10.2. The van der Waals surface area contributed by atoms with Gasteiger partial charge in [0.2, 0.25) is 0 Å². The van der Waals surface area contributed by atoms with Crippen LogP contribution < -0.4 is 5.73 Å². The third kappa shape index (κ3) is 2.10. The van der Waals surface area contributed by atoms with Crippen molar-refractivity contribution in [1.29, 1.82) is 0 Å². The van der Waals surface area contributed by atoms with Gasteiger partial charge < -0.3 is 10.3 Å². The van der Waals surface area contributed by atoms with Crippen LogP contribution >= 0.6 is 0 Å². The van der Waals surface area contributed by atoms with E-state index in [1.165, 1.54) is 12.8 Å². The summed E-state index contributed by atoms with van der Waals surface area (Å²) in [5, 5.41) is 0. The summed E-state index contributed by atoms with van der Waals surface area (Å²) in [6.07, 6.45) is 6.00. The fourth-order valence-electron chi connectivity index (χ4n) is 2.66. The average Bonchev–Trinajstić information content (AvgIpc) is 3.27. The Morgan fingerprint density at radius 3 is 2.76 bits per heavy atom. The van der Waals surface area contributed by atoms with Crippen molar-refractivity contribution in [1.82, 2.24) is 19.5 Å². The predicted molar refractivity (Wildman–Crippen MR) is 81.7 cm³/mol. The van der Waals surface area contributed by atoms with Crippen molar-refractivity contribution >= 4 is 11.0 Å². The quantitative estimate of drug-likeness (QED) is 0.800. The van der Waals surface area contributed by atoms with Gasteiger partial charge in [0.15, 0.2) is 5.82 Å². The molecule has 1 aliphatic carbocycles. The van der Waals surface area contributed by atoms with E-state index >= 15 is 0 Å². The number of benzene rings is 1. The molecule has 1 aromatic carbocycles. The van der Waals surface area contributed by atoms with Gasteiger partial charge in [-0.2, -0.15) is 0 Å². The van der Waals surface area contributed by atoms with E-state index in [0.717, 1.165) is 33.8 Å². The first kappa shape index (κ1) is 12.5. The van der Waals surface area contributed by atoms with Gasteiger partial charge in [-0.05, 0) is 37.5 Å². The lowest BCUT2D eigenvalue weighted by molar-refractivity contribution is 0.771. The van der Waals surface area contributed by atoms with Crippen molar-refractivity contribution in [2.24, 2.45) is 5.73 Å². The van der Waals surface area contributed by atoms with Crippen molar-refractivity contribution in [3.8, 4) is 11.5 Å². The molecule has 106 valence electrons. The molecule has 1 aliphatic rings. The first-order chi connectivity index (χ1) is 10.3. The molecule has 0 amide bonds. The van der Waals surface area contributed by atoms with E-state index in [0.29, 0.717) is 12.6 Å². The Kier molecular flexibility index (Phi) is 2.75. The molecule has 5 heteroatoms. The van der Waals surface area contributed by atoms with Crippen LogP contribution in [0.1, 0.15) is 30.1 Å². The SMILES string of the molecule is Cc1cnc(-c2nc3cc(CN)ccc3n2C2CC2)cn1. The molecule has 2 heterocycles. The fourth-order valence-corrected chi connectivity index (χ4v) is 2.66. The lowest BCUT2D eigenvalue weighted by Crippen LogP contribution is -2.00. The maximum atomic E-state index is 5.73. The summed E-state index contributed by atoms with van der Waals surface area (Å²) in [6, 6.07) is 6.80. The molecule has 3 aromatic rings. The lowest BCUT2D eigenvalue weighted by Gasteiger charge is -2.07. The largest absolute Gasteiger partial charge is 0.326 e. The van der Waals surface area contributed by atoms with Crippen molar-refractivity contribution < 1.29 is 0 Å². The zero-order valence-corrected chi connectivity index (χ0v) is 12.0. The molecule has 2 N–H and O–H groups in total. The average molecular weight is 279 g/mol. The van der Waals surface area contributed by atoms with Crippen LogP contribution in [0.5, 0.6) is 0 Å². The molecule has 0 atom stereocenters. The van der Waals surface area contributed by atoms with E-state index in [9.17, 15) is 0 Å². The second-order valence-corrected chi connectivity index (χ2v) is 5.61. The summed E-state index contributed by atoms with van der Waals surface area (Å²) in [5.41, 5.74) is 10.7. The van der Waals surface area contributed by atoms with Crippen LogP contribution in [0.15, 0.2) is 30.6 Å². The molecule has 0 bridgehead atoms. The molecule has 0 spiro atoms. The minimum absolute atomic E-state index is 0.534. The molecule has 0 saturated heterocycles. The van der Waals surface area contributed by atoms with E-state index in [4.69, 9.17) is 10.7 Å². The van der Waals surface area contributed by atoms with E-state index < -0.39 is 0 Å². The number of nitrogens with zero attached hydrogens (tertiary/aromatic N) is 4. The number of nitrogens with two attached hydrogens (primary N) is 1. The number of hydrogen-bond acceptors (Lipinski definition) is 4. The summed E-state index contributed by atoms with van der Waals surface area (Å²) in [7, 11) is 0. The number of aromatic nitrogens is 4. The second kappa shape index (κ2) is 4.63. The minimum Gasteiger partial charge on any atom is -0.326 e. The summed E-state index contributed by atoms with van der Waals surface area (Å²) < 4.78 is 2.30. The molecule has 2 aromatic heterocycles. The van der Waals surface area contributed by atoms with Crippen LogP contribution in [-0.2, 0) is 6.54 Å². The fraction of sp³-hybridized carbons (Fsp3) is 0.312. The van der Waals surface area contributed by atoms with E-state index in [-0.39, 0.29) is 0 Å². The van der Waals surface area contributed by atoms with Crippen LogP contribution in [0, 0.1) is 6.92 Å². The number of imidazole rings is 1. The van der Waals surface area contributed by atoms with Crippen LogP contribution in [0.25, 0.3) is 22.6 Å². The number of hydrogen-bond donors (Lipinski definition) is 1. The highest BCUT2D eigenvalue weighted by atomic mass is 15.1. The highest BCUT2D eigenvalue weighted by Gasteiger charge is 2.29. The molecule has 5 nitrogen and oxygen atoms in total. The highest BCUT2D eigenvalue weighted by Crippen LogP contribution is 2.40. The van der Waals surface area contributed by atoms with Crippen molar-refractivity contribution in [3.63, 3.8) is 0 Å². The Bertz CT molecular complexity index is 799. The molecule has 4 rings (SSSR count). The first-order valence-electron chi connectivity index (χ1n) is 7.26. The van der Waals surface area contributed by atoms with Gasteiger partial charge >= 0.3 is 0 Å². The summed E-state index contributed by atoms with van der Waals surface area (Å²) in [5.74, 6) is 0.911. The molecule has 1 fully saturated rings. The molecule has 1 saturated carbocycles. The van der Waals surface area contributed by atoms with Gasteiger partial charge in [-0.1, -0.05) is 6.07 Å². The van der Waals surface area contributed by atoms with Crippen molar-refractivity contribution in [3.05, 3.63) is 41.9 Å². The maximum Gasteiger partial charge on any atom is 0.161 e. The first-order valence-corrected chi connectivity index (χ1v) is 7.26. The number of fused-ring (bicyclic) bond motifs is 1. The third-order valence-electron chi connectivity index (χ3n) is 3.91. The van der Waals surface area contributed by atoms with Crippen LogP contribution in [0.2, 0.25) is 0 Å². The molecule has 21 heavy (non-hydrogen) atoms. The summed E-state index contributed by atoms with van der Waals surface area (Å²) in [4.78, 5) is 13.6. The van der Waals surface area contributed by atoms with Crippen molar-refractivity contribution in [2.45, 2.75) is 32.4 Å². The Hall–Kier alpha value is -2.27. The van der Waals surface area contributed by atoms with Gasteiger partial charge in [-0.3, -0.25) is 4.98 Å². The third-order valence-corrected chi connectivity index (χ3v) is 3.91. The molecular weight excluding hydrogens is 262 g/mol. The summed E-state index contributed by atoms with van der Waals surface area (Å²) >= 11 is 0. The van der Waals surface area contributed by atoms with Crippen LogP contribution in [-0.4, -0.2) is 19.5 Å². The van der Waals surface area contributed by atoms with Gasteiger partial charge in [0.25, 0.3) is 0 Å². The highest BCUT2D eigenvalue weighted by molar-refractivity contribution is 5.81. The zero-order chi connectivity index (χ0) is 14.4. The topological polar surface area (TPSA) is 69.6 Å². The Balaban J connectivity index is 1.94. The van der Waals surface area contributed by atoms with Gasteiger partial charge in [-0.15, -0.1) is 0 Å². The molecule has 0 unspecified atom stereocenters. The second-order valence-electron chi connectivity index (χ2n) is 5.61. The number of aryl methyl sites for hydroxylation is 1. The molecule has 0 aliphatic heterocycles. The van der Waals surface area contributed by atoms with Gasteiger partial charge in [0.05, 0.1) is 22.9 Å². The van der Waals surface area contributed by atoms with Gasteiger partial charge in [0.1, 0.15) is 5.69 Å². The van der Waals surface area contributed by atoms with Crippen LogP contribution in [0.3, 0.4) is 0 Å². The van der Waals surface area contributed by atoms with Crippen molar-refractivity contribution in [2.75, 3.05) is 0 Å². The predicted octanol–water partition coefficient (Wildman–Crippen LogP) is 2.60. The van der Waals surface area contributed by atoms with Crippen LogP contribution in [0.4, 0.5) is 0 Å². The monoisotopic (exact) mass is 279 g/mol. The maximum absolute atomic E-state index is 5.73. The summed E-state index contributed by atoms with van der Waals surface area (Å²) in [6.45, 7) is 2.47.